The van der Waals surface area contributed by atoms with Crippen molar-refractivity contribution in [2.45, 2.75) is 0 Å². The van der Waals surface area contributed by atoms with Gasteiger partial charge in [0.1, 0.15) is 11.5 Å². The van der Waals surface area contributed by atoms with Crippen molar-refractivity contribution in [2.75, 3.05) is 0 Å². The van der Waals surface area contributed by atoms with Crippen LogP contribution in [0.2, 0.25) is 0 Å². The lowest BCUT2D eigenvalue weighted by Gasteiger charge is -2.10. The van der Waals surface area contributed by atoms with Crippen molar-refractivity contribution in [1.82, 2.24) is 19.9 Å². The second-order valence-corrected chi connectivity index (χ2v) is 14.0. The fourth-order valence-corrected chi connectivity index (χ4v) is 7.28. The standard InChI is InChI=1S/C42H28N4O6P2/c47-53(48)51-33-16-8-25(9-17-33)35-20-12-27-4-6-29-14-22-37(45-41(29)39(27)43-35)31-2-1-3-32(24-31)38-23-15-30-7-5-28-13-21-36(44-40(28)42(30)46-38)26-10-18-34(19-11-26)52-54(49)50/h1-24,53-54H,(H,47,48)(H,49,50). The first-order valence-electron chi connectivity index (χ1n) is 16.9. The Hall–Kier alpha value is -6.28. The minimum absolute atomic E-state index is 0.319. The molecule has 0 fully saturated rings. The van der Waals surface area contributed by atoms with Crippen LogP contribution in [0.15, 0.2) is 146 Å². The zero-order chi connectivity index (χ0) is 36.8. The molecular formula is C42H28N4O6P2. The topological polar surface area (TPSA) is 145 Å². The number of fused-ring (bicyclic) bond motifs is 6. The van der Waals surface area contributed by atoms with Crippen molar-refractivity contribution in [3.63, 3.8) is 0 Å². The highest BCUT2D eigenvalue weighted by molar-refractivity contribution is 7.32. The van der Waals surface area contributed by atoms with Gasteiger partial charge in [-0.3, -0.25) is 0 Å². The SMILES string of the molecule is O=[PH](O)Oc1ccc(-c2ccc3ccc4ccc(-c5cccc(-c6ccc7ccc8ccc(-c9ccc(O[PH](=O)O)cc9)nc8c7n6)c5)nc4c3n2)cc1. The maximum Gasteiger partial charge on any atom is 0.365 e. The first-order chi connectivity index (χ1) is 26.3. The normalized spacial score (nSPS) is 12.6. The molecule has 0 spiro atoms. The van der Waals surface area contributed by atoms with Crippen LogP contribution in [0.25, 0.3) is 88.6 Å². The van der Waals surface area contributed by atoms with Gasteiger partial charge >= 0.3 is 16.5 Å². The second kappa shape index (κ2) is 13.9. The van der Waals surface area contributed by atoms with Gasteiger partial charge in [-0.05, 0) is 78.9 Å². The molecule has 0 amide bonds. The van der Waals surface area contributed by atoms with Crippen LogP contribution in [0.1, 0.15) is 0 Å². The second-order valence-electron chi connectivity index (χ2n) is 12.6. The monoisotopic (exact) mass is 746 g/mol. The Morgan fingerprint density at radius 2 is 0.667 bits per heavy atom. The van der Waals surface area contributed by atoms with Crippen molar-refractivity contribution in [1.29, 1.82) is 0 Å². The Balaban J connectivity index is 1.08. The average molecular weight is 747 g/mol. The first-order valence-corrected chi connectivity index (χ1v) is 19.4. The van der Waals surface area contributed by atoms with Gasteiger partial charge in [0.15, 0.2) is 0 Å². The Morgan fingerprint density at radius 1 is 0.370 bits per heavy atom. The van der Waals surface area contributed by atoms with E-state index in [0.717, 1.165) is 88.6 Å². The van der Waals surface area contributed by atoms with E-state index in [-0.39, 0.29) is 0 Å². The lowest BCUT2D eigenvalue weighted by molar-refractivity contribution is 0.409. The summed E-state index contributed by atoms with van der Waals surface area (Å²) in [5, 5.41) is 3.84. The summed E-state index contributed by atoms with van der Waals surface area (Å²) in [6, 6.07) is 46.2. The molecule has 9 rings (SSSR count). The van der Waals surface area contributed by atoms with Crippen LogP contribution in [0.4, 0.5) is 0 Å². The maximum absolute atomic E-state index is 11.1. The average Bonchev–Trinajstić information content (AvgIpc) is 3.20. The van der Waals surface area contributed by atoms with Crippen molar-refractivity contribution < 1.29 is 28.0 Å². The summed E-state index contributed by atoms with van der Waals surface area (Å²) in [5.41, 5.74) is 9.72. The summed E-state index contributed by atoms with van der Waals surface area (Å²) in [5.74, 6) is 0.637. The van der Waals surface area contributed by atoms with Crippen LogP contribution in [0.3, 0.4) is 0 Å². The molecule has 2 unspecified atom stereocenters. The Kier molecular flexibility index (Phi) is 8.66. The molecule has 0 saturated carbocycles. The minimum atomic E-state index is -3.09. The molecule has 5 aromatic carbocycles. The van der Waals surface area contributed by atoms with E-state index >= 15 is 0 Å². The van der Waals surface area contributed by atoms with E-state index < -0.39 is 16.5 Å². The van der Waals surface area contributed by atoms with E-state index in [9.17, 15) is 9.13 Å². The summed E-state index contributed by atoms with van der Waals surface area (Å²) in [7, 11) is -6.17. The van der Waals surface area contributed by atoms with Crippen LogP contribution in [-0.2, 0) is 9.13 Å². The smallest absolute Gasteiger partial charge is 0.365 e. The van der Waals surface area contributed by atoms with Gasteiger partial charge in [-0.25, -0.2) is 29.1 Å². The molecular weight excluding hydrogens is 718 g/mol. The van der Waals surface area contributed by atoms with Crippen LogP contribution < -0.4 is 9.05 Å². The molecule has 0 saturated heterocycles. The minimum Gasteiger partial charge on any atom is -0.426 e. The molecule has 0 aliphatic rings. The number of hydrogen-bond acceptors (Lipinski definition) is 8. The van der Waals surface area contributed by atoms with Gasteiger partial charge in [-0.1, -0.05) is 66.7 Å². The van der Waals surface area contributed by atoms with Gasteiger partial charge in [0.25, 0.3) is 0 Å². The molecule has 9 aromatic rings. The van der Waals surface area contributed by atoms with Crippen LogP contribution in [0, 0.1) is 0 Å². The predicted octanol–water partition coefficient (Wildman–Crippen LogP) is 10.1. The zero-order valence-electron chi connectivity index (χ0n) is 28.2. The lowest BCUT2D eigenvalue weighted by atomic mass is 10.0. The molecule has 12 heteroatoms. The third-order valence-electron chi connectivity index (χ3n) is 9.20. The fourth-order valence-electron chi connectivity index (χ4n) is 6.61. The molecule has 262 valence electrons. The predicted molar refractivity (Wildman–Crippen MR) is 213 cm³/mol. The van der Waals surface area contributed by atoms with Gasteiger partial charge in [0.2, 0.25) is 0 Å². The van der Waals surface area contributed by atoms with E-state index in [1.165, 1.54) is 0 Å². The largest absolute Gasteiger partial charge is 0.426 e. The van der Waals surface area contributed by atoms with Gasteiger partial charge in [-0.2, -0.15) is 0 Å². The Morgan fingerprint density at radius 3 is 0.981 bits per heavy atom. The molecule has 2 N–H and O–H groups in total. The molecule has 0 bridgehead atoms. The third kappa shape index (κ3) is 6.60. The number of aromatic nitrogens is 4. The summed E-state index contributed by atoms with van der Waals surface area (Å²) >= 11 is 0. The third-order valence-corrected chi connectivity index (χ3v) is 10.0. The lowest BCUT2D eigenvalue weighted by Crippen LogP contribution is -1.92. The number of hydrogen-bond donors (Lipinski definition) is 2. The van der Waals surface area contributed by atoms with Gasteiger partial charge < -0.3 is 18.8 Å². The summed E-state index contributed by atoms with van der Waals surface area (Å²) in [4.78, 5) is 38.5. The zero-order valence-corrected chi connectivity index (χ0v) is 30.2. The number of benzene rings is 5. The van der Waals surface area contributed by atoms with Crippen LogP contribution in [0.5, 0.6) is 11.5 Å². The van der Waals surface area contributed by atoms with E-state index in [4.69, 9.17) is 38.8 Å². The first kappa shape index (κ1) is 33.5. The summed E-state index contributed by atoms with van der Waals surface area (Å²) in [6.45, 7) is 0. The van der Waals surface area contributed by atoms with Crippen LogP contribution >= 0.6 is 16.5 Å². The van der Waals surface area contributed by atoms with Gasteiger partial charge in [0, 0.05) is 43.8 Å². The van der Waals surface area contributed by atoms with E-state index in [0.29, 0.717) is 11.5 Å². The van der Waals surface area contributed by atoms with Crippen molar-refractivity contribution in [3.8, 4) is 56.5 Å². The molecule has 10 nitrogen and oxygen atoms in total. The van der Waals surface area contributed by atoms with Crippen LogP contribution in [-0.4, -0.2) is 29.7 Å². The number of pyridine rings is 4. The molecule has 0 aliphatic heterocycles. The number of nitrogens with zero attached hydrogens (tertiary/aromatic N) is 4. The number of rotatable bonds is 8. The van der Waals surface area contributed by atoms with Crippen molar-refractivity contribution in [2.24, 2.45) is 0 Å². The molecule has 0 radical (unpaired) electrons. The highest BCUT2D eigenvalue weighted by Gasteiger charge is 2.13. The van der Waals surface area contributed by atoms with E-state index in [1.54, 1.807) is 24.3 Å². The molecule has 54 heavy (non-hydrogen) atoms. The van der Waals surface area contributed by atoms with Crippen molar-refractivity contribution in [3.05, 3.63) is 146 Å². The summed E-state index contributed by atoms with van der Waals surface area (Å²) < 4.78 is 32.1. The Bertz CT molecular complexity index is 2760. The van der Waals surface area contributed by atoms with E-state index in [2.05, 4.69) is 18.2 Å². The molecule has 0 aliphatic carbocycles. The maximum atomic E-state index is 11.1. The molecule has 4 heterocycles. The van der Waals surface area contributed by atoms with Gasteiger partial charge in [-0.15, -0.1) is 0 Å². The molecule has 2 atom stereocenters. The molecule has 4 aromatic heterocycles. The highest BCUT2D eigenvalue weighted by Crippen LogP contribution is 2.34. The highest BCUT2D eigenvalue weighted by atomic mass is 31.1. The van der Waals surface area contributed by atoms with Crippen molar-refractivity contribution >= 4 is 60.1 Å². The quantitative estimate of drug-likeness (QED) is 0.114. The summed E-state index contributed by atoms with van der Waals surface area (Å²) in [6.07, 6.45) is 0. The van der Waals surface area contributed by atoms with Gasteiger partial charge in [0.05, 0.1) is 44.8 Å². The van der Waals surface area contributed by atoms with E-state index in [1.807, 2.05) is 103 Å². The Labute approximate surface area is 309 Å². The fraction of sp³-hybridized carbons (Fsp3) is 0.